The molecule has 1 amide bonds. The SMILES string of the molecule is CC[C@H](Oc1ccc(F)cc1)C(=O)NCC1=CCCCC1. The van der Waals surface area contributed by atoms with E-state index in [0.29, 0.717) is 18.7 Å². The molecule has 1 aliphatic rings. The zero-order valence-electron chi connectivity index (χ0n) is 12.4. The quantitative estimate of drug-likeness (QED) is 0.813. The van der Waals surface area contributed by atoms with Gasteiger partial charge in [-0.15, -0.1) is 0 Å². The molecule has 1 aromatic rings. The van der Waals surface area contributed by atoms with Crippen molar-refractivity contribution in [2.45, 2.75) is 45.1 Å². The molecule has 0 saturated heterocycles. The maximum Gasteiger partial charge on any atom is 0.261 e. The Kier molecular flexibility index (Phi) is 5.78. The number of carbonyl (C=O) groups is 1. The monoisotopic (exact) mass is 291 g/mol. The van der Waals surface area contributed by atoms with Crippen LogP contribution in [0.5, 0.6) is 5.75 Å². The van der Waals surface area contributed by atoms with Gasteiger partial charge in [0, 0.05) is 6.54 Å². The van der Waals surface area contributed by atoms with Crippen LogP contribution in [-0.4, -0.2) is 18.6 Å². The van der Waals surface area contributed by atoms with Gasteiger partial charge in [0.1, 0.15) is 11.6 Å². The third-order valence-corrected chi connectivity index (χ3v) is 3.63. The lowest BCUT2D eigenvalue weighted by Gasteiger charge is -2.19. The smallest absolute Gasteiger partial charge is 0.261 e. The predicted octanol–water partition coefficient (Wildman–Crippen LogP) is 3.60. The molecule has 0 bridgehead atoms. The lowest BCUT2D eigenvalue weighted by molar-refractivity contribution is -0.127. The minimum Gasteiger partial charge on any atom is -0.481 e. The van der Waals surface area contributed by atoms with Gasteiger partial charge in [-0.25, -0.2) is 4.39 Å². The van der Waals surface area contributed by atoms with Crippen molar-refractivity contribution in [3.8, 4) is 5.75 Å². The highest BCUT2D eigenvalue weighted by Gasteiger charge is 2.18. The maximum atomic E-state index is 12.9. The van der Waals surface area contributed by atoms with Crippen LogP contribution in [0, 0.1) is 5.82 Å². The van der Waals surface area contributed by atoms with Gasteiger partial charge in [-0.2, -0.15) is 0 Å². The molecule has 0 saturated carbocycles. The number of nitrogens with one attached hydrogen (secondary N) is 1. The first-order chi connectivity index (χ1) is 10.2. The van der Waals surface area contributed by atoms with E-state index in [-0.39, 0.29) is 11.7 Å². The molecule has 0 radical (unpaired) electrons. The molecule has 0 heterocycles. The zero-order valence-corrected chi connectivity index (χ0v) is 12.4. The Bertz CT molecular complexity index is 496. The molecule has 3 nitrogen and oxygen atoms in total. The van der Waals surface area contributed by atoms with Gasteiger partial charge in [0.25, 0.3) is 5.91 Å². The number of ether oxygens (including phenoxy) is 1. The van der Waals surface area contributed by atoms with Gasteiger partial charge in [0.05, 0.1) is 0 Å². The highest BCUT2D eigenvalue weighted by molar-refractivity contribution is 5.81. The van der Waals surface area contributed by atoms with E-state index in [1.807, 2.05) is 6.92 Å². The van der Waals surface area contributed by atoms with E-state index >= 15 is 0 Å². The van der Waals surface area contributed by atoms with Crippen molar-refractivity contribution in [1.29, 1.82) is 0 Å². The summed E-state index contributed by atoms with van der Waals surface area (Å²) in [5, 5.41) is 2.93. The second-order valence-corrected chi connectivity index (χ2v) is 5.29. The van der Waals surface area contributed by atoms with Crippen LogP contribution in [0.2, 0.25) is 0 Å². The first-order valence-electron chi connectivity index (χ1n) is 7.57. The van der Waals surface area contributed by atoms with Crippen molar-refractivity contribution in [1.82, 2.24) is 5.32 Å². The minimum absolute atomic E-state index is 0.117. The molecule has 0 spiro atoms. The second-order valence-electron chi connectivity index (χ2n) is 5.29. The Balaban J connectivity index is 1.86. The normalized spacial score (nSPS) is 16.0. The molecule has 1 aromatic carbocycles. The Morgan fingerprint density at radius 1 is 1.33 bits per heavy atom. The van der Waals surface area contributed by atoms with Crippen LogP contribution in [-0.2, 0) is 4.79 Å². The number of amides is 1. The van der Waals surface area contributed by atoms with Crippen LogP contribution >= 0.6 is 0 Å². The van der Waals surface area contributed by atoms with E-state index in [9.17, 15) is 9.18 Å². The number of carbonyl (C=O) groups excluding carboxylic acids is 1. The molecule has 0 fully saturated rings. The molecule has 1 aliphatic carbocycles. The van der Waals surface area contributed by atoms with Gasteiger partial charge in [-0.1, -0.05) is 18.6 Å². The van der Waals surface area contributed by atoms with Crippen molar-refractivity contribution in [3.63, 3.8) is 0 Å². The number of halogens is 1. The Morgan fingerprint density at radius 2 is 2.10 bits per heavy atom. The molecule has 114 valence electrons. The molecule has 21 heavy (non-hydrogen) atoms. The van der Waals surface area contributed by atoms with Gasteiger partial charge in [0.15, 0.2) is 6.10 Å². The summed E-state index contributed by atoms with van der Waals surface area (Å²) < 4.78 is 18.5. The first-order valence-corrected chi connectivity index (χ1v) is 7.57. The van der Waals surface area contributed by atoms with Crippen molar-refractivity contribution in [2.75, 3.05) is 6.54 Å². The number of allylic oxidation sites excluding steroid dienone is 1. The van der Waals surface area contributed by atoms with E-state index in [1.165, 1.54) is 42.7 Å². The van der Waals surface area contributed by atoms with E-state index < -0.39 is 6.10 Å². The number of benzene rings is 1. The van der Waals surface area contributed by atoms with E-state index in [0.717, 1.165) is 12.8 Å². The van der Waals surface area contributed by atoms with Gasteiger partial charge in [0.2, 0.25) is 0 Å². The lowest BCUT2D eigenvalue weighted by Crippen LogP contribution is -2.39. The van der Waals surface area contributed by atoms with Crippen LogP contribution < -0.4 is 10.1 Å². The van der Waals surface area contributed by atoms with Gasteiger partial charge in [-0.3, -0.25) is 4.79 Å². The fraction of sp³-hybridized carbons (Fsp3) is 0.471. The molecule has 2 rings (SSSR count). The van der Waals surface area contributed by atoms with Crippen LogP contribution in [0.1, 0.15) is 39.0 Å². The molecule has 4 heteroatoms. The third kappa shape index (κ3) is 4.88. The summed E-state index contributed by atoms with van der Waals surface area (Å²) in [6.07, 6.45) is 6.85. The molecule has 1 N–H and O–H groups in total. The summed E-state index contributed by atoms with van der Waals surface area (Å²) in [7, 11) is 0. The van der Waals surface area contributed by atoms with Crippen molar-refractivity contribution in [2.24, 2.45) is 0 Å². The number of hydrogen-bond acceptors (Lipinski definition) is 2. The summed E-state index contributed by atoms with van der Waals surface area (Å²) >= 11 is 0. The molecule has 0 unspecified atom stereocenters. The first kappa shape index (κ1) is 15.5. The zero-order chi connectivity index (χ0) is 15.1. The second kappa shape index (κ2) is 7.81. The molecule has 1 atom stereocenters. The molecule has 0 aliphatic heterocycles. The van der Waals surface area contributed by atoms with Crippen LogP contribution in [0.15, 0.2) is 35.9 Å². The number of rotatable bonds is 6. The van der Waals surface area contributed by atoms with Gasteiger partial charge < -0.3 is 10.1 Å². The van der Waals surface area contributed by atoms with Crippen LogP contribution in [0.3, 0.4) is 0 Å². The van der Waals surface area contributed by atoms with E-state index in [1.54, 1.807) is 0 Å². The third-order valence-electron chi connectivity index (χ3n) is 3.63. The largest absolute Gasteiger partial charge is 0.481 e. The average Bonchev–Trinajstić information content (AvgIpc) is 2.53. The van der Waals surface area contributed by atoms with E-state index in [4.69, 9.17) is 4.74 Å². The fourth-order valence-electron chi connectivity index (χ4n) is 2.38. The molecular formula is C17H22FNO2. The predicted molar refractivity (Wildman–Crippen MR) is 80.7 cm³/mol. The average molecular weight is 291 g/mol. The van der Waals surface area contributed by atoms with Crippen molar-refractivity contribution < 1.29 is 13.9 Å². The Morgan fingerprint density at radius 3 is 2.71 bits per heavy atom. The van der Waals surface area contributed by atoms with Crippen molar-refractivity contribution >= 4 is 5.91 Å². The maximum absolute atomic E-state index is 12.9. The summed E-state index contributed by atoms with van der Waals surface area (Å²) in [6.45, 7) is 2.50. The van der Waals surface area contributed by atoms with Gasteiger partial charge in [-0.05, 0) is 56.4 Å². The summed E-state index contributed by atoms with van der Waals surface area (Å²) in [6, 6.07) is 5.73. The molecular weight excluding hydrogens is 269 g/mol. The standard InChI is InChI=1S/C17H22FNO2/c1-2-16(21-15-10-8-14(18)9-11-15)17(20)19-12-13-6-4-3-5-7-13/h6,8-11,16H,2-5,7,12H2,1H3,(H,19,20)/t16-/m0/s1. The Labute approximate surface area is 125 Å². The minimum atomic E-state index is -0.542. The topological polar surface area (TPSA) is 38.3 Å². The number of hydrogen-bond donors (Lipinski definition) is 1. The highest BCUT2D eigenvalue weighted by Crippen LogP contribution is 2.17. The lowest BCUT2D eigenvalue weighted by atomic mass is 10.00. The Hall–Kier alpha value is -1.84. The van der Waals surface area contributed by atoms with Gasteiger partial charge >= 0.3 is 0 Å². The van der Waals surface area contributed by atoms with Crippen LogP contribution in [0.4, 0.5) is 4.39 Å². The fourth-order valence-corrected chi connectivity index (χ4v) is 2.38. The molecule has 0 aromatic heterocycles. The highest BCUT2D eigenvalue weighted by atomic mass is 19.1. The van der Waals surface area contributed by atoms with Crippen molar-refractivity contribution in [3.05, 3.63) is 41.7 Å². The summed E-state index contributed by atoms with van der Waals surface area (Å²) in [5.41, 5.74) is 1.30. The van der Waals surface area contributed by atoms with E-state index in [2.05, 4.69) is 11.4 Å². The summed E-state index contributed by atoms with van der Waals surface area (Å²) in [5.74, 6) is 0.0765. The van der Waals surface area contributed by atoms with Crippen LogP contribution in [0.25, 0.3) is 0 Å². The summed E-state index contributed by atoms with van der Waals surface area (Å²) in [4.78, 5) is 12.2.